The summed E-state index contributed by atoms with van der Waals surface area (Å²) in [6, 6.07) is 6.52. The third kappa shape index (κ3) is 7.09. The fraction of sp³-hybridized carbons (Fsp3) is 0.562. The Morgan fingerprint density at radius 2 is 1.81 bits per heavy atom. The number of hydrogen-bond donors (Lipinski definition) is 2. The van der Waals surface area contributed by atoms with E-state index in [1.807, 2.05) is 34.6 Å². The summed E-state index contributed by atoms with van der Waals surface area (Å²) in [7, 11) is 0. The molecule has 5 heteroatoms. The Kier molecular flexibility index (Phi) is 6.15. The van der Waals surface area contributed by atoms with Crippen LogP contribution in [-0.2, 0) is 4.74 Å². The lowest BCUT2D eigenvalue weighted by atomic mass is 10.1. The molecule has 2 atom stereocenters. The SMILES string of the molecule is CC(CNC(=O)OC(C)(C)C)N[C@@H](C)c1ccc(F)cc1. The molecule has 0 fully saturated rings. The van der Waals surface area contributed by atoms with Crippen LogP contribution in [0.25, 0.3) is 0 Å². The Morgan fingerprint density at radius 1 is 1.24 bits per heavy atom. The second-order valence-corrected chi connectivity index (χ2v) is 6.22. The summed E-state index contributed by atoms with van der Waals surface area (Å²) in [4.78, 5) is 11.6. The summed E-state index contributed by atoms with van der Waals surface area (Å²) < 4.78 is 18.0. The summed E-state index contributed by atoms with van der Waals surface area (Å²) in [5.74, 6) is -0.245. The van der Waals surface area contributed by atoms with Crippen LogP contribution in [0, 0.1) is 5.82 Å². The fourth-order valence-corrected chi connectivity index (χ4v) is 1.88. The van der Waals surface area contributed by atoms with Gasteiger partial charge in [-0.2, -0.15) is 0 Å². The van der Waals surface area contributed by atoms with Gasteiger partial charge in [-0.15, -0.1) is 0 Å². The van der Waals surface area contributed by atoms with Crippen LogP contribution in [0.4, 0.5) is 9.18 Å². The Hall–Kier alpha value is -1.62. The van der Waals surface area contributed by atoms with Crippen LogP contribution in [0.15, 0.2) is 24.3 Å². The van der Waals surface area contributed by atoms with Crippen molar-refractivity contribution in [2.45, 2.75) is 52.3 Å². The minimum atomic E-state index is -0.498. The predicted octanol–water partition coefficient (Wildman–Crippen LogP) is 3.39. The zero-order chi connectivity index (χ0) is 16.0. The number of benzene rings is 1. The molecule has 0 aromatic heterocycles. The van der Waals surface area contributed by atoms with Gasteiger partial charge < -0.3 is 15.4 Å². The maximum absolute atomic E-state index is 12.9. The maximum atomic E-state index is 12.9. The molecule has 0 saturated carbocycles. The first-order valence-corrected chi connectivity index (χ1v) is 7.16. The van der Waals surface area contributed by atoms with Gasteiger partial charge in [-0.3, -0.25) is 0 Å². The number of hydrogen-bond acceptors (Lipinski definition) is 3. The van der Waals surface area contributed by atoms with Crippen LogP contribution < -0.4 is 10.6 Å². The Bertz CT molecular complexity index is 454. The van der Waals surface area contributed by atoms with Crippen molar-refractivity contribution in [3.63, 3.8) is 0 Å². The molecule has 0 bridgehead atoms. The second-order valence-electron chi connectivity index (χ2n) is 6.22. The van der Waals surface area contributed by atoms with E-state index in [-0.39, 0.29) is 17.9 Å². The summed E-state index contributed by atoms with van der Waals surface area (Å²) in [5.41, 5.74) is 0.503. The molecule has 1 rings (SSSR count). The Morgan fingerprint density at radius 3 is 2.33 bits per heavy atom. The largest absolute Gasteiger partial charge is 0.444 e. The van der Waals surface area contributed by atoms with E-state index < -0.39 is 11.7 Å². The Balaban J connectivity index is 2.38. The number of ether oxygens (including phenoxy) is 1. The molecule has 1 aromatic carbocycles. The van der Waals surface area contributed by atoms with Crippen molar-refractivity contribution in [2.75, 3.05) is 6.54 Å². The topological polar surface area (TPSA) is 50.4 Å². The number of nitrogens with one attached hydrogen (secondary N) is 2. The number of carbonyl (C=O) groups is 1. The molecule has 1 amide bonds. The number of carbonyl (C=O) groups excluding carboxylic acids is 1. The molecule has 2 N–H and O–H groups in total. The van der Waals surface area contributed by atoms with Gasteiger partial charge in [0.15, 0.2) is 0 Å². The third-order valence-electron chi connectivity index (χ3n) is 2.86. The molecule has 118 valence electrons. The highest BCUT2D eigenvalue weighted by molar-refractivity contribution is 5.67. The van der Waals surface area contributed by atoms with Crippen LogP contribution in [-0.4, -0.2) is 24.3 Å². The summed E-state index contributed by atoms with van der Waals surface area (Å²) in [6.45, 7) is 9.90. The van der Waals surface area contributed by atoms with Gasteiger partial charge in [0.1, 0.15) is 11.4 Å². The van der Waals surface area contributed by atoms with E-state index in [9.17, 15) is 9.18 Å². The second kappa shape index (κ2) is 7.41. The molecule has 0 radical (unpaired) electrons. The monoisotopic (exact) mass is 296 g/mol. The zero-order valence-corrected chi connectivity index (χ0v) is 13.4. The van der Waals surface area contributed by atoms with E-state index in [0.717, 1.165) is 5.56 Å². The van der Waals surface area contributed by atoms with Crippen LogP contribution in [0.3, 0.4) is 0 Å². The minimum Gasteiger partial charge on any atom is -0.444 e. The molecule has 0 heterocycles. The normalized spacial score (nSPS) is 14.4. The van der Waals surface area contributed by atoms with Crippen molar-refractivity contribution in [3.8, 4) is 0 Å². The summed E-state index contributed by atoms with van der Waals surface area (Å²) in [5, 5.41) is 6.06. The first-order valence-electron chi connectivity index (χ1n) is 7.16. The van der Waals surface area contributed by atoms with E-state index in [2.05, 4.69) is 10.6 Å². The molecule has 0 aliphatic carbocycles. The number of amides is 1. The van der Waals surface area contributed by atoms with Gasteiger partial charge >= 0.3 is 6.09 Å². The van der Waals surface area contributed by atoms with Crippen molar-refractivity contribution < 1.29 is 13.9 Å². The van der Waals surface area contributed by atoms with Gasteiger partial charge in [0, 0.05) is 18.6 Å². The number of rotatable bonds is 5. The molecular formula is C16H25FN2O2. The zero-order valence-electron chi connectivity index (χ0n) is 13.4. The van der Waals surface area contributed by atoms with E-state index in [1.54, 1.807) is 12.1 Å². The average molecular weight is 296 g/mol. The highest BCUT2D eigenvalue weighted by Crippen LogP contribution is 2.13. The van der Waals surface area contributed by atoms with Gasteiger partial charge in [-0.05, 0) is 52.3 Å². The third-order valence-corrected chi connectivity index (χ3v) is 2.86. The van der Waals surface area contributed by atoms with E-state index >= 15 is 0 Å². The Labute approximate surface area is 126 Å². The first kappa shape index (κ1) is 17.4. The molecular weight excluding hydrogens is 271 g/mol. The van der Waals surface area contributed by atoms with Gasteiger partial charge in [0.2, 0.25) is 0 Å². The first-order chi connectivity index (χ1) is 9.67. The van der Waals surface area contributed by atoms with Gasteiger partial charge in [-0.25, -0.2) is 9.18 Å². The van der Waals surface area contributed by atoms with Crippen molar-refractivity contribution in [3.05, 3.63) is 35.6 Å². The molecule has 4 nitrogen and oxygen atoms in total. The quantitative estimate of drug-likeness (QED) is 0.875. The van der Waals surface area contributed by atoms with E-state index in [4.69, 9.17) is 4.74 Å². The average Bonchev–Trinajstić information content (AvgIpc) is 2.35. The lowest BCUT2D eigenvalue weighted by molar-refractivity contribution is 0.0522. The van der Waals surface area contributed by atoms with Crippen molar-refractivity contribution in [1.82, 2.24) is 10.6 Å². The van der Waals surface area contributed by atoms with Gasteiger partial charge in [-0.1, -0.05) is 12.1 Å². The van der Waals surface area contributed by atoms with Crippen molar-refractivity contribution in [1.29, 1.82) is 0 Å². The summed E-state index contributed by atoms with van der Waals surface area (Å²) >= 11 is 0. The highest BCUT2D eigenvalue weighted by atomic mass is 19.1. The number of halogens is 1. The van der Waals surface area contributed by atoms with E-state index in [1.165, 1.54) is 12.1 Å². The molecule has 0 aliphatic rings. The lowest BCUT2D eigenvalue weighted by Gasteiger charge is -2.23. The van der Waals surface area contributed by atoms with Crippen molar-refractivity contribution >= 4 is 6.09 Å². The lowest BCUT2D eigenvalue weighted by Crippen LogP contribution is -2.41. The predicted molar refractivity (Wildman–Crippen MR) is 81.6 cm³/mol. The van der Waals surface area contributed by atoms with Crippen LogP contribution in [0.1, 0.15) is 46.2 Å². The van der Waals surface area contributed by atoms with Crippen LogP contribution >= 0.6 is 0 Å². The highest BCUT2D eigenvalue weighted by Gasteiger charge is 2.17. The summed E-state index contributed by atoms with van der Waals surface area (Å²) in [6.07, 6.45) is -0.425. The minimum absolute atomic E-state index is 0.0672. The molecule has 0 spiro atoms. The molecule has 1 aromatic rings. The van der Waals surface area contributed by atoms with E-state index in [0.29, 0.717) is 6.54 Å². The fourth-order valence-electron chi connectivity index (χ4n) is 1.88. The van der Waals surface area contributed by atoms with Crippen LogP contribution in [0.2, 0.25) is 0 Å². The smallest absolute Gasteiger partial charge is 0.407 e. The van der Waals surface area contributed by atoms with Gasteiger partial charge in [0.25, 0.3) is 0 Å². The maximum Gasteiger partial charge on any atom is 0.407 e. The molecule has 0 saturated heterocycles. The number of alkyl carbamates (subject to hydrolysis) is 1. The van der Waals surface area contributed by atoms with Crippen molar-refractivity contribution in [2.24, 2.45) is 0 Å². The van der Waals surface area contributed by atoms with Gasteiger partial charge in [0.05, 0.1) is 0 Å². The van der Waals surface area contributed by atoms with Crippen LogP contribution in [0.5, 0.6) is 0 Å². The molecule has 1 unspecified atom stereocenters. The standard InChI is InChI=1S/C16H25FN2O2/c1-11(10-18-15(20)21-16(3,4)5)19-12(2)13-6-8-14(17)9-7-13/h6-9,11-12,19H,10H2,1-5H3,(H,18,20)/t11?,12-/m0/s1. The molecule has 0 aliphatic heterocycles. The molecule has 21 heavy (non-hydrogen) atoms.